The highest BCUT2D eigenvalue weighted by Crippen LogP contribution is 2.31. The molecule has 0 atom stereocenters. The Morgan fingerprint density at radius 3 is 2.61 bits per heavy atom. The fourth-order valence-corrected chi connectivity index (χ4v) is 3.36. The number of aryl methyl sites for hydroxylation is 2. The molecule has 3 aromatic rings. The molecule has 28 heavy (non-hydrogen) atoms. The molecule has 1 aromatic carbocycles. The first-order chi connectivity index (χ1) is 13.6. The number of pyridine rings is 1. The zero-order valence-electron chi connectivity index (χ0n) is 16.8. The topological polar surface area (TPSA) is 78.3 Å². The lowest BCUT2D eigenvalue weighted by Crippen LogP contribution is -2.27. The molecule has 3 rings (SSSR count). The van der Waals surface area contributed by atoms with Gasteiger partial charge >= 0.3 is 0 Å². The summed E-state index contributed by atoms with van der Waals surface area (Å²) in [6.45, 7) is 5.02. The number of fused-ring (bicyclic) bond motifs is 1. The number of hydrogen-bond acceptors (Lipinski definition) is 5. The molecule has 2 heterocycles. The number of methoxy groups -OCH3 is 2. The van der Waals surface area contributed by atoms with Crippen LogP contribution in [0.5, 0.6) is 5.88 Å². The van der Waals surface area contributed by atoms with E-state index in [-0.39, 0.29) is 5.91 Å². The van der Waals surface area contributed by atoms with Crippen molar-refractivity contribution in [3.8, 4) is 11.6 Å². The van der Waals surface area contributed by atoms with Gasteiger partial charge in [0.25, 0.3) is 0 Å². The van der Waals surface area contributed by atoms with Crippen LogP contribution in [0.4, 0.5) is 0 Å². The molecule has 0 fully saturated rings. The van der Waals surface area contributed by atoms with Gasteiger partial charge in [-0.1, -0.05) is 18.2 Å². The standard InChI is InChI=1S/C21H26N4O3/c1-14-17(10-11-18(26)22-12-13-27-3)21(28-4)23-20-19(14)15(2)24-25(20)16-8-6-5-7-9-16/h5-9H,10-13H2,1-4H3,(H,22,26). The minimum Gasteiger partial charge on any atom is -0.481 e. The molecular weight excluding hydrogens is 356 g/mol. The van der Waals surface area contributed by atoms with Crippen LogP contribution in [0.3, 0.4) is 0 Å². The molecule has 0 radical (unpaired) electrons. The zero-order valence-corrected chi connectivity index (χ0v) is 16.8. The Labute approximate surface area is 164 Å². The number of nitrogens with one attached hydrogen (secondary N) is 1. The number of benzene rings is 1. The zero-order chi connectivity index (χ0) is 20.1. The summed E-state index contributed by atoms with van der Waals surface area (Å²) in [6.07, 6.45) is 0.909. The van der Waals surface area contributed by atoms with Gasteiger partial charge in [0.15, 0.2) is 5.65 Å². The van der Waals surface area contributed by atoms with Gasteiger partial charge in [0.2, 0.25) is 11.8 Å². The van der Waals surface area contributed by atoms with Crippen molar-refractivity contribution in [2.45, 2.75) is 26.7 Å². The van der Waals surface area contributed by atoms with Gasteiger partial charge in [0.05, 0.1) is 25.1 Å². The molecule has 2 aromatic heterocycles. The molecule has 1 amide bonds. The highest BCUT2D eigenvalue weighted by atomic mass is 16.5. The van der Waals surface area contributed by atoms with Gasteiger partial charge < -0.3 is 14.8 Å². The average molecular weight is 382 g/mol. The maximum Gasteiger partial charge on any atom is 0.220 e. The number of para-hydroxylation sites is 1. The molecule has 7 nitrogen and oxygen atoms in total. The van der Waals surface area contributed by atoms with Gasteiger partial charge in [0, 0.05) is 31.0 Å². The van der Waals surface area contributed by atoms with Crippen LogP contribution in [0.1, 0.15) is 23.2 Å². The van der Waals surface area contributed by atoms with Crippen molar-refractivity contribution in [2.24, 2.45) is 0 Å². The minimum absolute atomic E-state index is 0.0182. The van der Waals surface area contributed by atoms with E-state index in [0.29, 0.717) is 31.9 Å². The highest BCUT2D eigenvalue weighted by molar-refractivity contribution is 5.85. The number of nitrogens with zero attached hydrogens (tertiary/aromatic N) is 3. The molecule has 0 aliphatic rings. The van der Waals surface area contributed by atoms with E-state index < -0.39 is 0 Å². The number of amides is 1. The smallest absolute Gasteiger partial charge is 0.220 e. The third-order valence-corrected chi connectivity index (χ3v) is 4.75. The first-order valence-corrected chi connectivity index (χ1v) is 9.30. The lowest BCUT2D eigenvalue weighted by molar-refractivity contribution is -0.121. The fraction of sp³-hybridized carbons (Fsp3) is 0.381. The highest BCUT2D eigenvalue weighted by Gasteiger charge is 2.20. The molecule has 148 valence electrons. The SMILES string of the molecule is COCCNC(=O)CCc1c(OC)nc2c(c(C)nn2-c2ccccc2)c1C. The molecule has 0 saturated carbocycles. The summed E-state index contributed by atoms with van der Waals surface area (Å²) in [5.74, 6) is 0.516. The summed E-state index contributed by atoms with van der Waals surface area (Å²) in [4.78, 5) is 16.8. The summed E-state index contributed by atoms with van der Waals surface area (Å²) in [5.41, 5.74) is 4.59. The molecule has 0 saturated heterocycles. The van der Waals surface area contributed by atoms with Crippen molar-refractivity contribution in [1.29, 1.82) is 0 Å². The molecular formula is C21H26N4O3. The first kappa shape index (κ1) is 19.8. The van der Waals surface area contributed by atoms with Crippen molar-refractivity contribution < 1.29 is 14.3 Å². The predicted molar refractivity (Wildman–Crippen MR) is 108 cm³/mol. The van der Waals surface area contributed by atoms with E-state index in [9.17, 15) is 4.79 Å². The number of aromatic nitrogens is 3. The van der Waals surface area contributed by atoms with E-state index in [2.05, 4.69) is 10.4 Å². The molecule has 0 unspecified atom stereocenters. The average Bonchev–Trinajstić information content (AvgIpc) is 3.04. The summed E-state index contributed by atoms with van der Waals surface area (Å²) < 4.78 is 12.4. The Bertz CT molecular complexity index is 967. The largest absolute Gasteiger partial charge is 0.481 e. The monoisotopic (exact) mass is 382 g/mol. The quantitative estimate of drug-likeness (QED) is 0.606. The number of rotatable bonds is 8. The van der Waals surface area contributed by atoms with Crippen LogP contribution in [0.25, 0.3) is 16.7 Å². The van der Waals surface area contributed by atoms with Crippen LogP contribution in [-0.2, 0) is 16.0 Å². The second-order valence-electron chi connectivity index (χ2n) is 6.60. The van der Waals surface area contributed by atoms with Gasteiger partial charge in [0.1, 0.15) is 0 Å². The predicted octanol–water partition coefficient (Wildman–Crippen LogP) is 2.74. The first-order valence-electron chi connectivity index (χ1n) is 9.30. The Morgan fingerprint density at radius 2 is 1.93 bits per heavy atom. The third-order valence-electron chi connectivity index (χ3n) is 4.75. The molecule has 7 heteroatoms. The van der Waals surface area contributed by atoms with Crippen molar-refractivity contribution in [3.05, 3.63) is 47.2 Å². The normalized spacial score (nSPS) is 11.0. The van der Waals surface area contributed by atoms with Crippen LogP contribution < -0.4 is 10.1 Å². The van der Waals surface area contributed by atoms with Crippen LogP contribution in [0.2, 0.25) is 0 Å². The number of carbonyl (C=O) groups is 1. The van der Waals surface area contributed by atoms with Gasteiger partial charge in [-0.05, 0) is 38.0 Å². The lowest BCUT2D eigenvalue weighted by Gasteiger charge is -2.13. The van der Waals surface area contributed by atoms with Gasteiger partial charge in [-0.25, -0.2) is 4.68 Å². The van der Waals surface area contributed by atoms with E-state index in [0.717, 1.165) is 33.5 Å². The number of carbonyl (C=O) groups excluding carboxylic acids is 1. The molecule has 0 aliphatic heterocycles. The summed E-state index contributed by atoms with van der Waals surface area (Å²) in [5, 5.41) is 8.53. The Kier molecular flexibility index (Phi) is 6.26. The lowest BCUT2D eigenvalue weighted by atomic mass is 10.0. The Hall–Kier alpha value is -2.93. The van der Waals surface area contributed by atoms with Crippen LogP contribution >= 0.6 is 0 Å². The van der Waals surface area contributed by atoms with Crippen molar-refractivity contribution in [1.82, 2.24) is 20.1 Å². The summed E-state index contributed by atoms with van der Waals surface area (Å²) in [6, 6.07) is 9.90. The van der Waals surface area contributed by atoms with E-state index in [1.54, 1.807) is 14.2 Å². The van der Waals surface area contributed by atoms with E-state index >= 15 is 0 Å². The maximum absolute atomic E-state index is 12.1. The minimum atomic E-state index is -0.0182. The fourth-order valence-electron chi connectivity index (χ4n) is 3.36. The van der Waals surface area contributed by atoms with E-state index in [1.165, 1.54) is 0 Å². The van der Waals surface area contributed by atoms with Crippen LogP contribution in [0.15, 0.2) is 30.3 Å². The van der Waals surface area contributed by atoms with Crippen LogP contribution in [0, 0.1) is 13.8 Å². The molecule has 1 N–H and O–H groups in total. The van der Waals surface area contributed by atoms with Crippen LogP contribution in [-0.4, -0.2) is 48.0 Å². The Morgan fingerprint density at radius 1 is 1.18 bits per heavy atom. The number of hydrogen-bond donors (Lipinski definition) is 1. The summed E-state index contributed by atoms with van der Waals surface area (Å²) in [7, 11) is 3.21. The van der Waals surface area contributed by atoms with Crippen molar-refractivity contribution in [2.75, 3.05) is 27.4 Å². The van der Waals surface area contributed by atoms with E-state index in [4.69, 9.17) is 14.5 Å². The second-order valence-corrected chi connectivity index (χ2v) is 6.60. The summed E-state index contributed by atoms with van der Waals surface area (Å²) >= 11 is 0. The van der Waals surface area contributed by atoms with Gasteiger partial charge in [-0.3, -0.25) is 4.79 Å². The van der Waals surface area contributed by atoms with Gasteiger partial charge in [-0.15, -0.1) is 0 Å². The number of ether oxygens (including phenoxy) is 2. The Balaban J connectivity index is 1.95. The second kappa shape index (κ2) is 8.84. The molecule has 0 bridgehead atoms. The molecule has 0 aliphatic carbocycles. The van der Waals surface area contributed by atoms with Gasteiger partial charge in [-0.2, -0.15) is 10.1 Å². The molecule has 0 spiro atoms. The maximum atomic E-state index is 12.1. The van der Waals surface area contributed by atoms with Crippen molar-refractivity contribution >= 4 is 16.9 Å². The van der Waals surface area contributed by atoms with E-state index in [1.807, 2.05) is 48.9 Å². The van der Waals surface area contributed by atoms with Crippen molar-refractivity contribution in [3.63, 3.8) is 0 Å². The third kappa shape index (κ3) is 3.99.